The lowest BCUT2D eigenvalue weighted by atomic mass is 10.2. The van der Waals surface area contributed by atoms with Gasteiger partial charge in [0.15, 0.2) is 0 Å². The Balaban J connectivity index is 2.54. The van der Waals surface area contributed by atoms with Crippen LogP contribution < -0.4 is 11.1 Å². The maximum absolute atomic E-state index is 11.5. The van der Waals surface area contributed by atoms with Crippen molar-refractivity contribution < 1.29 is 9.00 Å². The first kappa shape index (κ1) is 11.6. The number of rotatable bonds is 4. The molecule has 1 amide bonds. The van der Waals surface area contributed by atoms with Crippen LogP contribution in [0.5, 0.6) is 0 Å². The smallest absolute Gasteiger partial charge is 0.253 e. The zero-order valence-corrected chi connectivity index (χ0v) is 9.21. The van der Waals surface area contributed by atoms with E-state index in [4.69, 9.17) is 5.73 Å². The Hall–Kier alpha value is -1.43. The summed E-state index contributed by atoms with van der Waals surface area (Å²) in [5.74, 6) is 0.178. The normalized spacial score (nSPS) is 12.1. The van der Waals surface area contributed by atoms with Gasteiger partial charge in [-0.2, -0.15) is 0 Å². The number of nitrogen functional groups attached to an aromatic ring is 1. The van der Waals surface area contributed by atoms with Crippen LogP contribution in [0.3, 0.4) is 0 Å². The highest BCUT2D eigenvalue weighted by atomic mass is 32.2. The molecule has 0 radical (unpaired) electrons. The molecule has 5 nitrogen and oxygen atoms in total. The van der Waals surface area contributed by atoms with Crippen molar-refractivity contribution in [2.24, 2.45) is 0 Å². The highest BCUT2D eigenvalue weighted by Gasteiger charge is 2.08. The predicted molar refractivity (Wildman–Crippen MR) is 59.9 cm³/mol. The minimum atomic E-state index is -0.902. The molecule has 0 bridgehead atoms. The predicted octanol–water partition coefficient (Wildman–Crippen LogP) is -0.228. The summed E-state index contributed by atoms with van der Waals surface area (Å²) in [6, 6.07) is 1.55. The van der Waals surface area contributed by atoms with Crippen molar-refractivity contribution in [1.29, 1.82) is 0 Å². The van der Waals surface area contributed by atoms with Crippen LogP contribution in [-0.2, 0) is 10.8 Å². The average Bonchev–Trinajstić information content (AvgIpc) is 2.17. The van der Waals surface area contributed by atoms with Crippen molar-refractivity contribution in [3.05, 3.63) is 24.0 Å². The largest absolute Gasteiger partial charge is 0.397 e. The van der Waals surface area contributed by atoms with Gasteiger partial charge in [-0.25, -0.2) is 0 Å². The van der Waals surface area contributed by atoms with Gasteiger partial charge in [-0.3, -0.25) is 14.0 Å². The number of anilines is 1. The summed E-state index contributed by atoms with van der Waals surface area (Å²) in [5.41, 5.74) is 6.31. The molecule has 0 aromatic carbocycles. The van der Waals surface area contributed by atoms with E-state index in [9.17, 15) is 9.00 Å². The molecule has 1 unspecified atom stereocenters. The molecule has 0 fully saturated rings. The van der Waals surface area contributed by atoms with Gasteiger partial charge in [0.1, 0.15) is 0 Å². The van der Waals surface area contributed by atoms with Crippen molar-refractivity contribution in [3.63, 3.8) is 0 Å². The van der Waals surface area contributed by atoms with Gasteiger partial charge in [-0.15, -0.1) is 0 Å². The first-order valence-electron chi connectivity index (χ1n) is 4.39. The maximum atomic E-state index is 11.5. The maximum Gasteiger partial charge on any atom is 0.253 e. The Morgan fingerprint density at radius 3 is 3.00 bits per heavy atom. The van der Waals surface area contributed by atoms with Gasteiger partial charge < -0.3 is 11.1 Å². The molecule has 0 aliphatic carbocycles. The summed E-state index contributed by atoms with van der Waals surface area (Å²) in [4.78, 5) is 15.3. The topological polar surface area (TPSA) is 85.1 Å². The molecular weight excluding hydrogens is 214 g/mol. The molecule has 82 valence electrons. The Kier molecular flexibility index (Phi) is 4.23. The van der Waals surface area contributed by atoms with E-state index in [1.807, 2.05) is 0 Å². The Bertz CT molecular complexity index is 381. The van der Waals surface area contributed by atoms with E-state index in [1.54, 1.807) is 12.3 Å². The second kappa shape index (κ2) is 5.45. The number of amides is 1. The van der Waals surface area contributed by atoms with Crippen molar-refractivity contribution in [1.82, 2.24) is 10.3 Å². The second-order valence-electron chi connectivity index (χ2n) is 3.00. The van der Waals surface area contributed by atoms with Crippen LogP contribution in [0.15, 0.2) is 18.5 Å². The van der Waals surface area contributed by atoms with E-state index >= 15 is 0 Å². The van der Waals surface area contributed by atoms with Crippen LogP contribution in [0.4, 0.5) is 5.69 Å². The zero-order chi connectivity index (χ0) is 11.3. The fraction of sp³-hybridized carbons (Fsp3) is 0.333. The summed E-state index contributed by atoms with van der Waals surface area (Å²) < 4.78 is 10.8. The number of pyridine rings is 1. The number of hydrogen-bond acceptors (Lipinski definition) is 4. The lowest BCUT2D eigenvalue weighted by Crippen LogP contribution is -2.28. The number of nitrogens with one attached hydrogen (secondary N) is 1. The lowest BCUT2D eigenvalue weighted by Gasteiger charge is -2.05. The van der Waals surface area contributed by atoms with Crippen LogP contribution in [0.2, 0.25) is 0 Å². The highest BCUT2D eigenvalue weighted by Crippen LogP contribution is 2.07. The third-order valence-electron chi connectivity index (χ3n) is 1.77. The van der Waals surface area contributed by atoms with E-state index in [0.717, 1.165) is 0 Å². The van der Waals surface area contributed by atoms with E-state index < -0.39 is 10.8 Å². The Labute approximate surface area is 90.5 Å². The Morgan fingerprint density at radius 2 is 2.40 bits per heavy atom. The molecule has 0 saturated heterocycles. The van der Waals surface area contributed by atoms with Crippen molar-refractivity contribution >= 4 is 22.4 Å². The molecule has 0 aliphatic heterocycles. The SMILES string of the molecule is CS(=O)CCNC(=O)c1ccncc1N. The van der Waals surface area contributed by atoms with Crippen LogP contribution in [0, 0.1) is 0 Å². The van der Waals surface area contributed by atoms with Gasteiger partial charge in [-0.05, 0) is 6.07 Å². The second-order valence-corrected chi connectivity index (χ2v) is 4.55. The molecule has 0 aliphatic rings. The molecular formula is C9H13N3O2S. The van der Waals surface area contributed by atoms with Crippen molar-refractivity contribution in [2.75, 3.05) is 24.3 Å². The van der Waals surface area contributed by atoms with Gasteiger partial charge in [-0.1, -0.05) is 0 Å². The minimum absolute atomic E-state index is 0.264. The molecule has 0 saturated carbocycles. The molecule has 1 aromatic rings. The third kappa shape index (κ3) is 3.67. The molecule has 1 heterocycles. The van der Waals surface area contributed by atoms with E-state index in [0.29, 0.717) is 23.5 Å². The van der Waals surface area contributed by atoms with Gasteiger partial charge in [0.2, 0.25) is 0 Å². The first-order valence-corrected chi connectivity index (χ1v) is 6.11. The molecule has 0 spiro atoms. The molecule has 15 heavy (non-hydrogen) atoms. The average molecular weight is 227 g/mol. The quantitative estimate of drug-likeness (QED) is 0.744. The first-order chi connectivity index (χ1) is 7.11. The van der Waals surface area contributed by atoms with Gasteiger partial charge in [0, 0.05) is 35.5 Å². The highest BCUT2D eigenvalue weighted by molar-refractivity contribution is 7.84. The molecule has 1 atom stereocenters. The molecule has 1 aromatic heterocycles. The number of carbonyl (C=O) groups is 1. The number of nitrogens with two attached hydrogens (primary N) is 1. The van der Waals surface area contributed by atoms with E-state index in [-0.39, 0.29) is 5.91 Å². The van der Waals surface area contributed by atoms with Crippen molar-refractivity contribution in [3.8, 4) is 0 Å². The van der Waals surface area contributed by atoms with Gasteiger partial charge in [0.25, 0.3) is 5.91 Å². The summed E-state index contributed by atoms with van der Waals surface area (Å²) in [6.07, 6.45) is 4.52. The van der Waals surface area contributed by atoms with Gasteiger partial charge >= 0.3 is 0 Å². The number of carbonyl (C=O) groups excluding carboxylic acids is 1. The number of nitrogens with zero attached hydrogens (tertiary/aromatic N) is 1. The number of hydrogen-bond donors (Lipinski definition) is 2. The summed E-state index contributed by atoms with van der Waals surface area (Å²) >= 11 is 0. The monoisotopic (exact) mass is 227 g/mol. The van der Waals surface area contributed by atoms with Crippen LogP contribution in [0.25, 0.3) is 0 Å². The Morgan fingerprint density at radius 1 is 1.67 bits per heavy atom. The standard InChI is InChI=1S/C9H13N3O2S/c1-15(14)5-4-12-9(13)7-2-3-11-6-8(7)10/h2-3,6H,4-5,10H2,1H3,(H,12,13). The molecule has 1 rings (SSSR count). The molecule has 3 N–H and O–H groups in total. The van der Waals surface area contributed by atoms with Crippen molar-refractivity contribution in [2.45, 2.75) is 0 Å². The third-order valence-corrected chi connectivity index (χ3v) is 2.55. The minimum Gasteiger partial charge on any atom is -0.397 e. The zero-order valence-electron chi connectivity index (χ0n) is 8.40. The summed E-state index contributed by atoms with van der Waals surface area (Å²) in [5, 5.41) is 2.63. The van der Waals surface area contributed by atoms with E-state index in [1.165, 1.54) is 12.4 Å². The summed E-state index contributed by atoms with van der Waals surface area (Å²) in [6.45, 7) is 0.379. The van der Waals surface area contributed by atoms with E-state index in [2.05, 4.69) is 10.3 Å². The summed E-state index contributed by atoms with van der Waals surface area (Å²) in [7, 11) is -0.902. The van der Waals surface area contributed by atoms with Crippen LogP contribution in [0.1, 0.15) is 10.4 Å². The van der Waals surface area contributed by atoms with Crippen LogP contribution >= 0.6 is 0 Å². The fourth-order valence-electron chi connectivity index (χ4n) is 1.02. The number of aromatic nitrogens is 1. The van der Waals surface area contributed by atoms with Gasteiger partial charge in [0.05, 0.1) is 17.4 Å². The lowest BCUT2D eigenvalue weighted by molar-refractivity contribution is 0.0957. The fourth-order valence-corrected chi connectivity index (χ4v) is 1.41. The van der Waals surface area contributed by atoms with Crippen LogP contribution in [-0.4, -0.2) is 33.7 Å². The molecule has 6 heteroatoms.